The molecule has 0 spiro atoms. The summed E-state index contributed by atoms with van der Waals surface area (Å²) in [5, 5.41) is 6.57. The molecule has 0 fully saturated rings. The standard InChI is InChI=1S/C12H16N4O3S/c1-9-15-12(19-16-9)8-14-20(17,18)11-5-3-4-10(6-11)7-13-2/h3-6,13-14H,7-8H2,1-2H3. The van der Waals surface area contributed by atoms with Crippen molar-refractivity contribution in [1.82, 2.24) is 20.2 Å². The molecule has 0 amide bonds. The Morgan fingerprint density at radius 1 is 1.30 bits per heavy atom. The summed E-state index contributed by atoms with van der Waals surface area (Å²) >= 11 is 0. The van der Waals surface area contributed by atoms with Gasteiger partial charge >= 0.3 is 0 Å². The van der Waals surface area contributed by atoms with Crippen LogP contribution in [0, 0.1) is 6.92 Å². The Kier molecular flexibility index (Phi) is 4.48. The van der Waals surface area contributed by atoms with Gasteiger partial charge in [-0.3, -0.25) is 0 Å². The minimum atomic E-state index is -3.60. The lowest BCUT2D eigenvalue weighted by atomic mass is 10.2. The first-order chi connectivity index (χ1) is 9.51. The Morgan fingerprint density at radius 2 is 2.10 bits per heavy atom. The third kappa shape index (κ3) is 3.62. The number of sulfonamides is 1. The van der Waals surface area contributed by atoms with Gasteiger partial charge in [-0.15, -0.1) is 0 Å². The van der Waals surface area contributed by atoms with Crippen molar-refractivity contribution >= 4 is 10.0 Å². The lowest BCUT2D eigenvalue weighted by molar-refractivity contribution is 0.372. The largest absolute Gasteiger partial charge is 0.338 e. The van der Waals surface area contributed by atoms with E-state index in [1.165, 1.54) is 0 Å². The van der Waals surface area contributed by atoms with E-state index in [-0.39, 0.29) is 17.3 Å². The Bertz CT molecular complexity index is 682. The van der Waals surface area contributed by atoms with E-state index in [2.05, 4.69) is 20.2 Å². The smallest absolute Gasteiger partial charge is 0.241 e. The Labute approximate surface area is 117 Å². The highest BCUT2D eigenvalue weighted by molar-refractivity contribution is 7.89. The molecule has 1 aromatic carbocycles. The van der Waals surface area contributed by atoms with Crippen molar-refractivity contribution in [3.05, 3.63) is 41.5 Å². The first kappa shape index (κ1) is 14.6. The van der Waals surface area contributed by atoms with Gasteiger partial charge in [-0.1, -0.05) is 17.3 Å². The van der Waals surface area contributed by atoms with Gasteiger partial charge in [0.25, 0.3) is 0 Å². The fourth-order valence-electron chi connectivity index (χ4n) is 1.68. The number of nitrogens with one attached hydrogen (secondary N) is 2. The molecule has 1 aromatic heterocycles. The molecular weight excluding hydrogens is 280 g/mol. The van der Waals surface area contributed by atoms with Crippen LogP contribution in [0.1, 0.15) is 17.3 Å². The maximum atomic E-state index is 12.1. The molecule has 8 heteroatoms. The van der Waals surface area contributed by atoms with Gasteiger partial charge in [0.05, 0.1) is 11.4 Å². The average Bonchev–Trinajstić information content (AvgIpc) is 2.83. The molecule has 0 aliphatic rings. The molecule has 2 aromatic rings. The molecule has 20 heavy (non-hydrogen) atoms. The predicted octanol–water partition coefficient (Wildman–Crippen LogP) is 0.576. The summed E-state index contributed by atoms with van der Waals surface area (Å²) in [6.45, 7) is 2.24. The number of rotatable bonds is 6. The van der Waals surface area contributed by atoms with Crippen molar-refractivity contribution in [2.75, 3.05) is 7.05 Å². The normalized spacial score (nSPS) is 11.7. The third-order valence-electron chi connectivity index (χ3n) is 2.57. The highest BCUT2D eigenvalue weighted by Crippen LogP contribution is 2.12. The minimum Gasteiger partial charge on any atom is -0.338 e. The van der Waals surface area contributed by atoms with Crippen molar-refractivity contribution in [2.45, 2.75) is 24.9 Å². The van der Waals surface area contributed by atoms with Crippen LogP contribution in [0.3, 0.4) is 0 Å². The van der Waals surface area contributed by atoms with E-state index < -0.39 is 10.0 Å². The molecule has 7 nitrogen and oxygen atoms in total. The second kappa shape index (κ2) is 6.12. The van der Waals surface area contributed by atoms with Crippen molar-refractivity contribution in [2.24, 2.45) is 0 Å². The van der Waals surface area contributed by atoms with E-state index >= 15 is 0 Å². The summed E-state index contributed by atoms with van der Waals surface area (Å²) in [5.41, 5.74) is 0.893. The van der Waals surface area contributed by atoms with Crippen LogP contribution in [-0.2, 0) is 23.1 Å². The number of hydrogen-bond donors (Lipinski definition) is 2. The van der Waals surface area contributed by atoms with Gasteiger partial charge < -0.3 is 9.84 Å². The van der Waals surface area contributed by atoms with Gasteiger partial charge in [0, 0.05) is 6.54 Å². The molecule has 0 unspecified atom stereocenters. The van der Waals surface area contributed by atoms with Crippen LogP contribution in [0.2, 0.25) is 0 Å². The van der Waals surface area contributed by atoms with Crippen LogP contribution in [0.5, 0.6) is 0 Å². The van der Waals surface area contributed by atoms with Crippen LogP contribution in [0.25, 0.3) is 0 Å². The molecule has 2 N–H and O–H groups in total. The Morgan fingerprint density at radius 3 is 2.75 bits per heavy atom. The molecule has 108 valence electrons. The van der Waals surface area contributed by atoms with Crippen molar-refractivity contribution in [3.8, 4) is 0 Å². The second-order valence-electron chi connectivity index (χ2n) is 4.24. The third-order valence-corrected chi connectivity index (χ3v) is 3.97. The van der Waals surface area contributed by atoms with E-state index in [0.29, 0.717) is 12.4 Å². The number of benzene rings is 1. The van der Waals surface area contributed by atoms with Gasteiger partial charge in [-0.25, -0.2) is 13.1 Å². The number of hydrogen-bond acceptors (Lipinski definition) is 6. The van der Waals surface area contributed by atoms with Crippen LogP contribution in [0.15, 0.2) is 33.7 Å². The van der Waals surface area contributed by atoms with Crippen molar-refractivity contribution in [3.63, 3.8) is 0 Å². The first-order valence-electron chi connectivity index (χ1n) is 6.03. The second-order valence-corrected chi connectivity index (χ2v) is 6.00. The number of aromatic nitrogens is 2. The van der Waals surface area contributed by atoms with E-state index in [0.717, 1.165) is 5.56 Å². The van der Waals surface area contributed by atoms with Crippen LogP contribution in [0.4, 0.5) is 0 Å². The molecule has 0 bridgehead atoms. The predicted molar refractivity (Wildman–Crippen MR) is 72.3 cm³/mol. The molecule has 1 heterocycles. The van der Waals surface area contributed by atoms with Gasteiger partial charge in [-0.05, 0) is 31.7 Å². The Balaban J connectivity index is 2.11. The SMILES string of the molecule is CNCc1cccc(S(=O)(=O)NCc2nc(C)no2)c1. The van der Waals surface area contributed by atoms with Crippen LogP contribution < -0.4 is 10.0 Å². The number of aryl methyl sites for hydroxylation is 1. The van der Waals surface area contributed by atoms with Gasteiger partial charge in [0.2, 0.25) is 15.9 Å². The Hall–Kier alpha value is -1.77. The minimum absolute atomic E-state index is 0.0283. The quantitative estimate of drug-likeness (QED) is 0.809. The van der Waals surface area contributed by atoms with E-state index in [9.17, 15) is 8.42 Å². The molecule has 0 saturated heterocycles. The zero-order valence-corrected chi connectivity index (χ0v) is 12.1. The first-order valence-corrected chi connectivity index (χ1v) is 7.52. The summed E-state index contributed by atoms with van der Waals surface area (Å²) < 4.78 is 31.6. The zero-order chi connectivity index (χ0) is 14.6. The van der Waals surface area contributed by atoms with E-state index in [4.69, 9.17) is 4.52 Å². The van der Waals surface area contributed by atoms with E-state index in [1.54, 1.807) is 32.2 Å². The fourth-order valence-corrected chi connectivity index (χ4v) is 2.72. The maximum absolute atomic E-state index is 12.1. The summed E-state index contributed by atoms with van der Waals surface area (Å²) in [6.07, 6.45) is 0. The summed E-state index contributed by atoms with van der Waals surface area (Å²) in [5.74, 6) is 0.702. The summed E-state index contributed by atoms with van der Waals surface area (Å²) in [7, 11) is -1.79. The van der Waals surface area contributed by atoms with Crippen molar-refractivity contribution in [1.29, 1.82) is 0 Å². The molecule has 0 atom stereocenters. The molecule has 0 radical (unpaired) electrons. The van der Waals surface area contributed by atoms with Gasteiger partial charge in [0.1, 0.15) is 0 Å². The molecular formula is C12H16N4O3S. The fraction of sp³-hybridized carbons (Fsp3) is 0.333. The zero-order valence-electron chi connectivity index (χ0n) is 11.3. The van der Waals surface area contributed by atoms with Crippen LogP contribution >= 0.6 is 0 Å². The topological polar surface area (TPSA) is 97.1 Å². The highest BCUT2D eigenvalue weighted by atomic mass is 32.2. The van der Waals surface area contributed by atoms with Gasteiger partial charge in [-0.2, -0.15) is 4.98 Å². The number of nitrogens with zero attached hydrogens (tertiary/aromatic N) is 2. The molecule has 0 aliphatic heterocycles. The van der Waals surface area contributed by atoms with E-state index in [1.807, 2.05) is 6.07 Å². The van der Waals surface area contributed by atoms with Crippen LogP contribution in [-0.4, -0.2) is 25.6 Å². The summed E-state index contributed by atoms with van der Waals surface area (Å²) in [4.78, 5) is 4.15. The monoisotopic (exact) mass is 296 g/mol. The van der Waals surface area contributed by atoms with Crippen molar-refractivity contribution < 1.29 is 12.9 Å². The molecule has 2 rings (SSSR count). The molecule has 0 saturated carbocycles. The highest BCUT2D eigenvalue weighted by Gasteiger charge is 2.15. The summed E-state index contributed by atoms with van der Waals surface area (Å²) in [6, 6.07) is 6.73. The average molecular weight is 296 g/mol. The maximum Gasteiger partial charge on any atom is 0.241 e. The lowest BCUT2D eigenvalue weighted by Crippen LogP contribution is -2.23. The van der Waals surface area contributed by atoms with Gasteiger partial charge in [0.15, 0.2) is 5.82 Å². The lowest BCUT2D eigenvalue weighted by Gasteiger charge is -2.06. The molecule has 0 aliphatic carbocycles.